The highest BCUT2D eigenvalue weighted by Gasteiger charge is 2.43. The molecule has 0 spiro atoms. The Hall–Kier alpha value is -3.80. The van der Waals surface area contributed by atoms with Gasteiger partial charge in [-0.2, -0.15) is 0 Å². The summed E-state index contributed by atoms with van der Waals surface area (Å²) in [7, 11) is 0. The van der Waals surface area contributed by atoms with Crippen LogP contribution >= 0.6 is 0 Å². The second kappa shape index (κ2) is 7.71. The molecule has 6 heteroatoms. The Kier molecular flexibility index (Phi) is 4.85. The zero-order chi connectivity index (χ0) is 22.4. The second-order valence-corrected chi connectivity index (χ2v) is 8.03. The molecule has 6 nitrogen and oxygen atoms in total. The normalized spacial score (nSPS) is 15.4. The molecule has 5 rings (SSSR count). The minimum absolute atomic E-state index is 0.0872. The number of rotatable bonds is 5. The minimum atomic E-state index is -0.606. The monoisotopic (exact) mass is 429 g/mol. The van der Waals surface area contributed by atoms with Crippen LogP contribution in [0.1, 0.15) is 51.5 Å². The van der Waals surface area contributed by atoms with E-state index < -0.39 is 6.04 Å². The van der Waals surface area contributed by atoms with Crippen LogP contribution in [0.15, 0.2) is 68.4 Å². The molecule has 1 amide bonds. The van der Waals surface area contributed by atoms with Crippen LogP contribution in [0, 0.1) is 13.8 Å². The van der Waals surface area contributed by atoms with E-state index in [0.29, 0.717) is 34.6 Å². The number of amides is 1. The van der Waals surface area contributed by atoms with Crippen molar-refractivity contribution >= 4 is 16.9 Å². The Labute approximate surface area is 185 Å². The summed E-state index contributed by atoms with van der Waals surface area (Å²) in [4.78, 5) is 28.8. The molecule has 2 aromatic heterocycles. The topological polar surface area (TPSA) is 72.9 Å². The van der Waals surface area contributed by atoms with Gasteiger partial charge in [-0.3, -0.25) is 9.59 Å². The molecule has 32 heavy (non-hydrogen) atoms. The fraction of sp³-hybridized carbons (Fsp3) is 0.231. The largest absolute Gasteiger partial charge is 0.494 e. The van der Waals surface area contributed by atoms with E-state index >= 15 is 0 Å². The number of benzene rings is 2. The third-order valence-corrected chi connectivity index (χ3v) is 5.97. The van der Waals surface area contributed by atoms with Crippen LogP contribution in [-0.4, -0.2) is 17.4 Å². The number of carbonyl (C=O) groups is 1. The van der Waals surface area contributed by atoms with Crippen molar-refractivity contribution in [2.75, 3.05) is 6.61 Å². The molecular formula is C26H23NO5. The smallest absolute Gasteiger partial charge is 0.291 e. The number of furan rings is 1. The molecule has 1 aliphatic heterocycles. The Morgan fingerprint density at radius 1 is 1.03 bits per heavy atom. The number of aryl methyl sites for hydroxylation is 2. The van der Waals surface area contributed by atoms with Gasteiger partial charge in [-0.15, -0.1) is 0 Å². The average Bonchev–Trinajstić information content (AvgIpc) is 3.38. The third-order valence-electron chi connectivity index (χ3n) is 5.97. The van der Waals surface area contributed by atoms with Crippen molar-refractivity contribution in [3.63, 3.8) is 0 Å². The lowest BCUT2D eigenvalue weighted by Crippen LogP contribution is -2.29. The summed E-state index contributed by atoms with van der Waals surface area (Å²) in [6, 6.07) is 14.1. The van der Waals surface area contributed by atoms with Crippen molar-refractivity contribution in [1.29, 1.82) is 0 Å². The van der Waals surface area contributed by atoms with Crippen molar-refractivity contribution in [1.82, 2.24) is 4.90 Å². The number of nitrogens with zero attached hydrogens (tertiary/aromatic N) is 1. The molecule has 0 radical (unpaired) electrons. The highest BCUT2D eigenvalue weighted by Crippen LogP contribution is 2.40. The fourth-order valence-corrected chi connectivity index (χ4v) is 4.30. The molecule has 1 aliphatic rings. The molecule has 2 aromatic carbocycles. The Bertz CT molecular complexity index is 1380. The van der Waals surface area contributed by atoms with Gasteiger partial charge in [0.25, 0.3) is 5.91 Å². The molecule has 0 N–H and O–H groups in total. The zero-order valence-corrected chi connectivity index (χ0v) is 18.2. The SMILES string of the molecule is CCOc1cccc(C2c3c(oc4cc(C)c(C)cc4c3=O)C(=O)N2Cc2ccco2)c1. The van der Waals surface area contributed by atoms with Crippen LogP contribution < -0.4 is 10.2 Å². The molecule has 3 heterocycles. The predicted molar refractivity (Wildman–Crippen MR) is 120 cm³/mol. The van der Waals surface area contributed by atoms with E-state index in [1.165, 1.54) is 0 Å². The summed E-state index contributed by atoms with van der Waals surface area (Å²) < 4.78 is 17.2. The predicted octanol–water partition coefficient (Wildman–Crippen LogP) is 5.15. The maximum Gasteiger partial charge on any atom is 0.291 e. The number of fused-ring (bicyclic) bond motifs is 2. The first-order chi connectivity index (χ1) is 15.5. The molecule has 1 atom stereocenters. The molecule has 1 unspecified atom stereocenters. The summed E-state index contributed by atoms with van der Waals surface area (Å²) in [5, 5.41) is 0.477. The number of hydrogen-bond donors (Lipinski definition) is 0. The summed E-state index contributed by atoms with van der Waals surface area (Å²) in [5.74, 6) is 1.06. The lowest BCUT2D eigenvalue weighted by atomic mass is 9.97. The van der Waals surface area contributed by atoms with Crippen molar-refractivity contribution < 1.29 is 18.4 Å². The Morgan fingerprint density at radius 2 is 1.84 bits per heavy atom. The van der Waals surface area contributed by atoms with Gasteiger partial charge in [0.05, 0.1) is 36.4 Å². The summed E-state index contributed by atoms with van der Waals surface area (Å²) in [5.41, 5.74) is 3.37. The Balaban J connectivity index is 1.74. The maximum atomic E-state index is 13.7. The van der Waals surface area contributed by atoms with Crippen LogP contribution in [-0.2, 0) is 6.54 Å². The molecule has 0 saturated carbocycles. The number of ether oxygens (including phenoxy) is 1. The van der Waals surface area contributed by atoms with E-state index in [4.69, 9.17) is 13.6 Å². The van der Waals surface area contributed by atoms with Crippen LogP contribution in [0.3, 0.4) is 0 Å². The third kappa shape index (κ3) is 3.19. The number of hydrogen-bond acceptors (Lipinski definition) is 5. The summed E-state index contributed by atoms with van der Waals surface area (Å²) in [6.45, 7) is 6.56. The summed E-state index contributed by atoms with van der Waals surface area (Å²) >= 11 is 0. The lowest BCUT2D eigenvalue weighted by Gasteiger charge is -2.24. The van der Waals surface area contributed by atoms with Gasteiger partial charge in [0.2, 0.25) is 5.76 Å². The van der Waals surface area contributed by atoms with Gasteiger partial charge in [-0.25, -0.2) is 0 Å². The minimum Gasteiger partial charge on any atom is -0.494 e. The van der Waals surface area contributed by atoms with E-state index in [9.17, 15) is 9.59 Å². The van der Waals surface area contributed by atoms with Crippen molar-refractivity contribution in [3.8, 4) is 5.75 Å². The van der Waals surface area contributed by atoms with Gasteiger partial charge < -0.3 is 18.5 Å². The quantitative estimate of drug-likeness (QED) is 0.439. The van der Waals surface area contributed by atoms with Crippen molar-refractivity contribution in [2.24, 2.45) is 0 Å². The van der Waals surface area contributed by atoms with E-state index in [-0.39, 0.29) is 23.6 Å². The zero-order valence-electron chi connectivity index (χ0n) is 18.2. The molecular weight excluding hydrogens is 406 g/mol. The Morgan fingerprint density at radius 3 is 2.59 bits per heavy atom. The van der Waals surface area contributed by atoms with Crippen LogP contribution in [0.5, 0.6) is 5.75 Å². The van der Waals surface area contributed by atoms with Gasteiger partial charge in [0, 0.05) is 0 Å². The highest BCUT2D eigenvalue weighted by atomic mass is 16.5. The van der Waals surface area contributed by atoms with Gasteiger partial charge >= 0.3 is 0 Å². The van der Waals surface area contributed by atoms with E-state index in [2.05, 4.69) is 0 Å². The van der Waals surface area contributed by atoms with Crippen molar-refractivity contribution in [3.05, 3.63) is 98.8 Å². The second-order valence-electron chi connectivity index (χ2n) is 8.03. The van der Waals surface area contributed by atoms with E-state index in [1.807, 2.05) is 63.2 Å². The summed E-state index contributed by atoms with van der Waals surface area (Å²) in [6.07, 6.45) is 1.57. The molecule has 162 valence electrons. The van der Waals surface area contributed by atoms with Crippen molar-refractivity contribution in [2.45, 2.75) is 33.4 Å². The molecule has 0 saturated heterocycles. The maximum absolute atomic E-state index is 13.7. The average molecular weight is 429 g/mol. The van der Waals surface area contributed by atoms with Gasteiger partial charge in [-0.1, -0.05) is 12.1 Å². The first kappa shape index (κ1) is 20.1. The first-order valence-corrected chi connectivity index (χ1v) is 10.6. The van der Waals surface area contributed by atoms with Crippen LogP contribution in [0.4, 0.5) is 0 Å². The molecule has 0 aliphatic carbocycles. The molecule has 4 aromatic rings. The van der Waals surface area contributed by atoms with Crippen LogP contribution in [0.25, 0.3) is 11.0 Å². The fourth-order valence-electron chi connectivity index (χ4n) is 4.30. The lowest BCUT2D eigenvalue weighted by molar-refractivity contribution is 0.0701. The number of carbonyl (C=O) groups excluding carboxylic acids is 1. The first-order valence-electron chi connectivity index (χ1n) is 10.6. The van der Waals surface area contributed by atoms with Gasteiger partial charge in [0.1, 0.15) is 17.1 Å². The van der Waals surface area contributed by atoms with Gasteiger partial charge in [-0.05, 0) is 73.9 Å². The van der Waals surface area contributed by atoms with Crippen LogP contribution in [0.2, 0.25) is 0 Å². The molecule has 0 fully saturated rings. The standard InChI is InChI=1S/C26H23NO5/c1-4-30-18-8-5-7-17(13-18)23-22-24(28)20-11-15(2)16(3)12-21(20)32-25(22)26(29)27(23)14-19-9-6-10-31-19/h5-13,23H,4,14H2,1-3H3. The van der Waals surface area contributed by atoms with E-state index in [1.54, 1.807) is 17.2 Å². The highest BCUT2D eigenvalue weighted by molar-refractivity contribution is 5.99. The molecule has 0 bridgehead atoms. The van der Waals surface area contributed by atoms with E-state index in [0.717, 1.165) is 16.7 Å². The van der Waals surface area contributed by atoms with Gasteiger partial charge in [0.15, 0.2) is 5.43 Å².